The van der Waals surface area contributed by atoms with Gasteiger partial charge in [0.25, 0.3) is 0 Å². The Morgan fingerprint density at radius 1 is 0.875 bits per heavy atom. The summed E-state index contributed by atoms with van der Waals surface area (Å²) in [7, 11) is 1.72. The summed E-state index contributed by atoms with van der Waals surface area (Å²) in [6.07, 6.45) is 4.17. The lowest BCUT2D eigenvalue weighted by Gasteiger charge is -2.36. The number of fused-ring (bicyclic) bond motifs is 1. The Bertz CT molecular complexity index is 1220. The van der Waals surface area contributed by atoms with E-state index in [2.05, 4.69) is 60.1 Å². The molecular weight excluding hydrogens is 398 g/mol. The maximum absolute atomic E-state index is 5.89. The van der Waals surface area contributed by atoms with Crippen molar-refractivity contribution in [3.8, 4) is 28.1 Å². The van der Waals surface area contributed by atoms with Crippen LogP contribution in [0.3, 0.4) is 0 Å². The Morgan fingerprint density at radius 2 is 1.66 bits per heavy atom. The van der Waals surface area contributed by atoms with E-state index in [1.807, 2.05) is 30.5 Å². The first-order valence-corrected chi connectivity index (χ1v) is 11.0. The maximum Gasteiger partial charge on any atom is 0.137 e. The van der Waals surface area contributed by atoms with Gasteiger partial charge in [0.15, 0.2) is 0 Å². The van der Waals surface area contributed by atoms with Gasteiger partial charge in [-0.3, -0.25) is 9.97 Å². The lowest BCUT2D eigenvalue weighted by molar-refractivity contribution is -0.00521. The van der Waals surface area contributed by atoms with E-state index in [-0.39, 0.29) is 12.2 Å². The molecule has 0 bridgehead atoms. The number of nitrogens with zero attached hydrogens (tertiary/aromatic N) is 3. The van der Waals surface area contributed by atoms with Crippen LogP contribution in [0.15, 0.2) is 73.1 Å². The first-order valence-electron chi connectivity index (χ1n) is 11.0. The minimum Gasteiger partial charge on any atom is -0.495 e. The SMILES string of the molecule is COc1c(-c2ccc(N3CC(C)OC(C)C3)cc2)cnc2c(-c3ccccn3)cccc12. The molecule has 1 fully saturated rings. The fourth-order valence-electron chi connectivity index (χ4n) is 4.59. The standard InChI is InChI=1S/C27H27N3O2/c1-18-16-30(17-19(2)32-18)21-12-10-20(11-13-21)24-15-29-26-22(25-9-4-5-14-28-25)7-6-8-23(26)27(24)31-3/h4-15,18-19H,16-17H2,1-3H3. The lowest BCUT2D eigenvalue weighted by Crippen LogP contribution is -2.45. The predicted octanol–water partition coefficient (Wildman–Crippen LogP) is 5.59. The first kappa shape index (κ1) is 20.5. The third-order valence-corrected chi connectivity index (χ3v) is 5.96. The topological polar surface area (TPSA) is 47.5 Å². The van der Waals surface area contributed by atoms with Crippen LogP contribution in [0.5, 0.6) is 5.75 Å². The van der Waals surface area contributed by atoms with Crippen LogP contribution in [0.2, 0.25) is 0 Å². The summed E-state index contributed by atoms with van der Waals surface area (Å²) in [5.74, 6) is 0.828. The Hall–Kier alpha value is -3.44. The molecule has 32 heavy (non-hydrogen) atoms. The Kier molecular flexibility index (Phi) is 5.50. The molecule has 0 radical (unpaired) electrons. The van der Waals surface area contributed by atoms with Gasteiger partial charge in [0.2, 0.25) is 0 Å². The summed E-state index contributed by atoms with van der Waals surface area (Å²) >= 11 is 0. The van der Waals surface area contributed by atoms with Crippen molar-refractivity contribution in [1.29, 1.82) is 0 Å². The number of aromatic nitrogens is 2. The summed E-state index contributed by atoms with van der Waals surface area (Å²) in [5, 5.41) is 0.980. The molecule has 4 aromatic rings. The van der Waals surface area contributed by atoms with E-state index in [1.165, 1.54) is 5.69 Å². The van der Waals surface area contributed by atoms with Gasteiger partial charge in [-0.25, -0.2) is 0 Å². The number of hydrogen-bond donors (Lipinski definition) is 0. The molecular formula is C27H27N3O2. The quantitative estimate of drug-likeness (QED) is 0.427. The fraction of sp³-hybridized carbons (Fsp3) is 0.259. The number of morpholine rings is 1. The summed E-state index contributed by atoms with van der Waals surface area (Å²) < 4.78 is 11.8. The van der Waals surface area contributed by atoms with Crippen LogP contribution in [0.4, 0.5) is 5.69 Å². The minimum absolute atomic E-state index is 0.233. The lowest BCUT2D eigenvalue weighted by atomic mass is 10.00. The number of benzene rings is 2. The normalized spacial score (nSPS) is 18.7. The molecule has 2 unspecified atom stereocenters. The highest BCUT2D eigenvalue weighted by molar-refractivity contribution is 5.99. The molecule has 5 rings (SSSR count). The van der Waals surface area contributed by atoms with Gasteiger partial charge >= 0.3 is 0 Å². The smallest absolute Gasteiger partial charge is 0.137 e. The monoisotopic (exact) mass is 425 g/mol. The molecule has 5 nitrogen and oxygen atoms in total. The summed E-state index contributed by atoms with van der Waals surface area (Å²) in [4.78, 5) is 11.7. The predicted molar refractivity (Wildman–Crippen MR) is 129 cm³/mol. The molecule has 0 saturated carbocycles. The number of ether oxygens (including phenoxy) is 2. The molecule has 3 heterocycles. The van der Waals surface area contributed by atoms with Crippen molar-refractivity contribution in [3.05, 3.63) is 73.1 Å². The largest absolute Gasteiger partial charge is 0.495 e. The zero-order valence-corrected chi connectivity index (χ0v) is 18.7. The zero-order chi connectivity index (χ0) is 22.1. The molecule has 0 spiro atoms. The van der Waals surface area contributed by atoms with Crippen LogP contribution in [-0.2, 0) is 4.74 Å². The van der Waals surface area contributed by atoms with E-state index in [0.717, 1.165) is 52.1 Å². The van der Waals surface area contributed by atoms with Gasteiger partial charge in [-0.1, -0.05) is 30.3 Å². The Balaban J connectivity index is 1.53. The van der Waals surface area contributed by atoms with Crippen LogP contribution < -0.4 is 9.64 Å². The van der Waals surface area contributed by atoms with Crippen molar-refractivity contribution < 1.29 is 9.47 Å². The van der Waals surface area contributed by atoms with E-state index >= 15 is 0 Å². The molecule has 0 N–H and O–H groups in total. The number of anilines is 1. The molecule has 0 aliphatic carbocycles. The fourth-order valence-corrected chi connectivity index (χ4v) is 4.59. The molecule has 1 aliphatic rings. The number of pyridine rings is 2. The Morgan fingerprint density at radius 3 is 2.34 bits per heavy atom. The Labute approximate surface area is 188 Å². The van der Waals surface area contributed by atoms with Crippen molar-refractivity contribution >= 4 is 16.6 Å². The molecule has 1 saturated heterocycles. The van der Waals surface area contributed by atoms with Gasteiger partial charge in [-0.15, -0.1) is 0 Å². The second-order valence-corrected chi connectivity index (χ2v) is 8.33. The first-order chi connectivity index (χ1) is 15.6. The number of para-hydroxylation sites is 1. The van der Waals surface area contributed by atoms with Crippen molar-refractivity contribution in [2.24, 2.45) is 0 Å². The van der Waals surface area contributed by atoms with Crippen molar-refractivity contribution in [3.63, 3.8) is 0 Å². The highest BCUT2D eigenvalue weighted by Crippen LogP contribution is 2.39. The van der Waals surface area contributed by atoms with Gasteiger partial charge in [0.05, 0.1) is 30.5 Å². The summed E-state index contributed by atoms with van der Waals surface area (Å²) in [5.41, 5.74) is 6.06. The zero-order valence-electron chi connectivity index (χ0n) is 18.7. The molecule has 5 heteroatoms. The number of methoxy groups -OCH3 is 1. The van der Waals surface area contributed by atoms with Crippen molar-refractivity contribution in [2.75, 3.05) is 25.1 Å². The summed E-state index contributed by atoms with van der Waals surface area (Å²) in [6.45, 7) is 6.06. The van der Waals surface area contributed by atoms with Crippen LogP contribution >= 0.6 is 0 Å². The highest BCUT2D eigenvalue weighted by Gasteiger charge is 2.22. The second kappa shape index (κ2) is 8.60. The molecule has 2 aromatic carbocycles. The van der Waals surface area contributed by atoms with Crippen LogP contribution in [0.25, 0.3) is 33.3 Å². The molecule has 2 aromatic heterocycles. The highest BCUT2D eigenvalue weighted by atomic mass is 16.5. The number of rotatable bonds is 4. The van der Waals surface area contributed by atoms with Gasteiger partial charge in [0, 0.05) is 47.7 Å². The third kappa shape index (κ3) is 3.80. The maximum atomic E-state index is 5.89. The minimum atomic E-state index is 0.233. The van der Waals surface area contributed by atoms with Gasteiger partial charge < -0.3 is 14.4 Å². The molecule has 162 valence electrons. The molecule has 2 atom stereocenters. The van der Waals surface area contributed by atoms with Crippen molar-refractivity contribution in [2.45, 2.75) is 26.1 Å². The molecule has 1 aliphatic heterocycles. The third-order valence-electron chi connectivity index (χ3n) is 5.96. The van der Waals surface area contributed by atoms with E-state index in [4.69, 9.17) is 14.5 Å². The average molecular weight is 426 g/mol. The van der Waals surface area contributed by atoms with Gasteiger partial charge in [-0.05, 0) is 49.7 Å². The average Bonchev–Trinajstić information content (AvgIpc) is 2.83. The van der Waals surface area contributed by atoms with E-state index in [1.54, 1.807) is 13.3 Å². The van der Waals surface area contributed by atoms with E-state index < -0.39 is 0 Å². The van der Waals surface area contributed by atoms with Crippen LogP contribution in [-0.4, -0.2) is 42.4 Å². The van der Waals surface area contributed by atoms with E-state index in [0.29, 0.717) is 0 Å². The number of hydrogen-bond acceptors (Lipinski definition) is 5. The van der Waals surface area contributed by atoms with Gasteiger partial charge in [0.1, 0.15) is 5.75 Å². The van der Waals surface area contributed by atoms with Crippen LogP contribution in [0, 0.1) is 0 Å². The second-order valence-electron chi connectivity index (χ2n) is 8.33. The van der Waals surface area contributed by atoms with Crippen LogP contribution in [0.1, 0.15) is 13.8 Å². The van der Waals surface area contributed by atoms with Gasteiger partial charge in [-0.2, -0.15) is 0 Å². The summed E-state index contributed by atoms with van der Waals surface area (Å²) in [6, 6.07) is 20.7. The van der Waals surface area contributed by atoms with E-state index in [9.17, 15) is 0 Å². The van der Waals surface area contributed by atoms with Crippen molar-refractivity contribution in [1.82, 2.24) is 9.97 Å². The molecule has 0 amide bonds.